The molecule has 246 valence electrons. The molecule has 0 bridgehead atoms. The Balaban J connectivity index is 0.974. The van der Waals surface area contributed by atoms with E-state index in [1.807, 2.05) is 41.4 Å². The molecule has 1 fully saturated rings. The molecule has 0 saturated carbocycles. The summed E-state index contributed by atoms with van der Waals surface area (Å²) < 4.78 is 7.66. The topological polar surface area (TPSA) is 127 Å². The highest BCUT2D eigenvalue weighted by molar-refractivity contribution is 7.19. The average Bonchev–Trinajstić information content (AvgIpc) is 3.81. The summed E-state index contributed by atoms with van der Waals surface area (Å²) in [6, 6.07) is 15.6. The van der Waals surface area contributed by atoms with Crippen molar-refractivity contribution in [1.82, 2.24) is 24.7 Å². The van der Waals surface area contributed by atoms with E-state index in [2.05, 4.69) is 57.6 Å². The highest BCUT2D eigenvalue weighted by atomic mass is 32.1. The highest BCUT2D eigenvalue weighted by Crippen LogP contribution is 2.34. The van der Waals surface area contributed by atoms with Crippen LogP contribution in [0.3, 0.4) is 0 Å². The van der Waals surface area contributed by atoms with E-state index in [-0.39, 0.29) is 11.9 Å². The van der Waals surface area contributed by atoms with Crippen molar-refractivity contribution in [3.8, 4) is 27.9 Å². The number of amides is 3. The molecule has 2 N–H and O–H groups in total. The Morgan fingerprint density at radius 2 is 1.71 bits per heavy atom. The van der Waals surface area contributed by atoms with Gasteiger partial charge in [0.15, 0.2) is 5.13 Å². The molecular formula is C36H38N8O3S. The summed E-state index contributed by atoms with van der Waals surface area (Å²) in [6.07, 6.45) is 12.5. The van der Waals surface area contributed by atoms with Gasteiger partial charge in [0.25, 0.3) is 0 Å². The van der Waals surface area contributed by atoms with E-state index in [9.17, 15) is 9.59 Å². The maximum absolute atomic E-state index is 13.1. The van der Waals surface area contributed by atoms with Gasteiger partial charge in [-0.15, -0.1) is 0 Å². The first kappa shape index (κ1) is 31.5. The third kappa shape index (κ3) is 7.23. The number of carbonyl (C=O) groups is 2. The van der Waals surface area contributed by atoms with Crippen molar-refractivity contribution >= 4 is 39.9 Å². The van der Waals surface area contributed by atoms with Crippen molar-refractivity contribution in [1.29, 1.82) is 0 Å². The van der Waals surface area contributed by atoms with Gasteiger partial charge in [-0.3, -0.25) is 15.0 Å². The Morgan fingerprint density at radius 3 is 2.52 bits per heavy atom. The number of urea groups is 1. The number of ether oxygens (including phenoxy) is 1. The molecule has 1 saturated heterocycles. The second-order valence-corrected chi connectivity index (χ2v) is 13.7. The fourth-order valence-electron chi connectivity index (χ4n) is 6.14. The largest absolute Gasteiger partial charge is 0.424 e. The number of anilines is 3. The number of benzene rings is 2. The van der Waals surface area contributed by atoms with Crippen LogP contribution in [0.5, 0.6) is 11.8 Å². The molecule has 7 rings (SSSR count). The predicted octanol–water partition coefficient (Wildman–Crippen LogP) is 7.82. The van der Waals surface area contributed by atoms with Crippen molar-refractivity contribution in [2.75, 3.05) is 22.1 Å². The normalized spacial score (nSPS) is 14.6. The van der Waals surface area contributed by atoms with Crippen LogP contribution in [0.2, 0.25) is 0 Å². The summed E-state index contributed by atoms with van der Waals surface area (Å²) in [5.41, 5.74) is 5.98. The highest BCUT2D eigenvalue weighted by Gasteiger charge is 2.21. The Kier molecular flexibility index (Phi) is 9.15. The van der Waals surface area contributed by atoms with Gasteiger partial charge in [-0.2, -0.15) is 5.10 Å². The van der Waals surface area contributed by atoms with E-state index in [4.69, 9.17) is 9.84 Å². The lowest BCUT2D eigenvalue weighted by Crippen LogP contribution is -2.29. The first-order chi connectivity index (χ1) is 23.4. The van der Waals surface area contributed by atoms with E-state index in [1.54, 1.807) is 4.68 Å². The standard InChI is InChI=1S/C36H38N8O3S/c1-23(2)17-27-19-32(44(42-27)29-13-10-24-7-6-8-26(24)18-29)41-34(46)40-28-20-37-35(38-21-28)47-30-14-11-25(12-15-30)31-22-39-36(48-31)43-16-5-3-4-9-33(43)45/h10-15,18-23H,3-9,16-17H2,1-2H3,(H2,40,41,46). The van der Waals surface area contributed by atoms with E-state index >= 15 is 0 Å². The van der Waals surface area contributed by atoms with Gasteiger partial charge >= 0.3 is 12.0 Å². The number of aryl methyl sites for hydroxylation is 2. The Hall–Kier alpha value is -5.10. The van der Waals surface area contributed by atoms with E-state index in [0.29, 0.717) is 29.6 Å². The van der Waals surface area contributed by atoms with Gasteiger partial charge in [0.05, 0.1) is 34.3 Å². The molecule has 0 atom stereocenters. The Labute approximate surface area is 283 Å². The molecule has 2 aromatic carbocycles. The zero-order valence-electron chi connectivity index (χ0n) is 27.1. The van der Waals surface area contributed by atoms with Gasteiger partial charge in [0, 0.05) is 25.2 Å². The van der Waals surface area contributed by atoms with Gasteiger partial charge in [0.1, 0.15) is 11.6 Å². The Bertz CT molecular complexity index is 1920. The molecule has 48 heavy (non-hydrogen) atoms. The third-order valence-electron chi connectivity index (χ3n) is 8.48. The summed E-state index contributed by atoms with van der Waals surface area (Å²) >= 11 is 1.51. The molecule has 4 heterocycles. The molecule has 12 heteroatoms. The lowest BCUT2D eigenvalue weighted by molar-refractivity contribution is -0.118. The fraction of sp³-hybridized carbons (Fsp3) is 0.333. The smallest absolute Gasteiger partial charge is 0.324 e. The van der Waals surface area contributed by atoms with E-state index in [1.165, 1.54) is 41.3 Å². The second-order valence-electron chi connectivity index (χ2n) is 12.7. The molecule has 2 aliphatic rings. The molecule has 1 aliphatic carbocycles. The zero-order chi connectivity index (χ0) is 33.0. The minimum Gasteiger partial charge on any atom is -0.424 e. The van der Waals surface area contributed by atoms with E-state index in [0.717, 1.165) is 72.0 Å². The van der Waals surface area contributed by atoms with E-state index < -0.39 is 6.03 Å². The van der Waals surface area contributed by atoms with Crippen molar-refractivity contribution in [3.63, 3.8) is 0 Å². The molecule has 11 nitrogen and oxygen atoms in total. The number of aromatic nitrogens is 5. The van der Waals surface area contributed by atoms with Crippen molar-refractivity contribution in [2.24, 2.45) is 5.92 Å². The van der Waals surface area contributed by atoms with Gasteiger partial charge in [0.2, 0.25) is 5.91 Å². The summed E-state index contributed by atoms with van der Waals surface area (Å²) in [5, 5.41) is 11.3. The third-order valence-corrected chi connectivity index (χ3v) is 9.55. The molecular weight excluding hydrogens is 625 g/mol. The van der Waals surface area contributed by atoms with Gasteiger partial charge in [-0.25, -0.2) is 24.4 Å². The molecule has 0 spiro atoms. The lowest BCUT2D eigenvalue weighted by Gasteiger charge is -2.16. The van der Waals surface area contributed by atoms with Gasteiger partial charge < -0.3 is 10.1 Å². The number of rotatable bonds is 9. The quantitative estimate of drug-likeness (QED) is 0.165. The number of fused-ring (bicyclic) bond motifs is 1. The van der Waals surface area contributed by atoms with Crippen LogP contribution in [0.15, 0.2) is 67.1 Å². The van der Waals surface area contributed by atoms with Crippen LogP contribution >= 0.6 is 11.3 Å². The zero-order valence-corrected chi connectivity index (χ0v) is 27.9. The predicted molar refractivity (Wildman–Crippen MR) is 187 cm³/mol. The second kappa shape index (κ2) is 13.9. The Morgan fingerprint density at radius 1 is 0.896 bits per heavy atom. The van der Waals surface area contributed by atoms with Crippen LogP contribution in [0.1, 0.15) is 62.8 Å². The van der Waals surface area contributed by atoms with Crippen LogP contribution in [-0.4, -0.2) is 43.2 Å². The molecule has 3 aromatic heterocycles. The van der Waals surface area contributed by atoms with Crippen LogP contribution in [0, 0.1) is 5.92 Å². The van der Waals surface area contributed by atoms with Crippen LogP contribution in [-0.2, 0) is 24.1 Å². The first-order valence-corrected chi connectivity index (χ1v) is 17.4. The number of nitrogens with zero attached hydrogens (tertiary/aromatic N) is 6. The number of hydrogen-bond acceptors (Lipinski definition) is 8. The first-order valence-electron chi connectivity index (χ1n) is 16.5. The number of nitrogens with one attached hydrogen (secondary N) is 2. The molecule has 3 amide bonds. The SMILES string of the molecule is CC(C)Cc1cc(NC(=O)Nc2cnc(Oc3ccc(-c4cnc(N5CCCCCC5=O)s4)cc3)nc2)n(-c2ccc3c(c2)CCC3)n1. The maximum Gasteiger partial charge on any atom is 0.324 e. The molecule has 5 aromatic rings. The number of carbonyl (C=O) groups excluding carboxylic acids is 2. The minimum absolute atomic E-state index is 0.146. The summed E-state index contributed by atoms with van der Waals surface area (Å²) in [5.74, 6) is 1.74. The number of thiazole rings is 1. The summed E-state index contributed by atoms with van der Waals surface area (Å²) in [7, 11) is 0. The monoisotopic (exact) mass is 662 g/mol. The van der Waals surface area contributed by atoms with Crippen molar-refractivity contribution in [2.45, 2.75) is 65.2 Å². The average molecular weight is 663 g/mol. The van der Waals surface area contributed by atoms with Crippen LogP contribution in [0.25, 0.3) is 16.1 Å². The fourth-order valence-corrected chi connectivity index (χ4v) is 7.10. The lowest BCUT2D eigenvalue weighted by atomic mass is 10.1. The van der Waals surface area contributed by atoms with Gasteiger partial charge in [-0.05, 0) is 97.5 Å². The van der Waals surface area contributed by atoms with Gasteiger partial charge in [-0.1, -0.05) is 37.7 Å². The maximum atomic E-state index is 13.1. The molecule has 0 radical (unpaired) electrons. The molecule has 1 aliphatic heterocycles. The molecule has 0 unspecified atom stereocenters. The van der Waals surface area contributed by atoms with Crippen molar-refractivity contribution in [3.05, 3.63) is 83.9 Å². The minimum atomic E-state index is -0.423. The van der Waals surface area contributed by atoms with Crippen LogP contribution < -0.4 is 20.3 Å². The van der Waals surface area contributed by atoms with Crippen molar-refractivity contribution < 1.29 is 14.3 Å². The van der Waals surface area contributed by atoms with Crippen LogP contribution in [0.4, 0.5) is 21.4 Å². The summed E-state index contributed by atoms with van der Waals surface area (Å²) in [4.78, 5) is 41.4. The number of hydrogen-bond donors (Lipinski definition) is 2. The summed E-state index contributed by atoms with van der Waals surface area (Å²) in [6.45, 7) is 5.02.